The van der Waals surface area contributed by atoms with Crippen molar-refractivity contribution in [2.45, 2.75) is 0 Å². The number of non-ortho nitro benzene ring substituents is 1. The number of nitrogens with zero attached hydrogens (tertiary/aromatic N) is 2. The zero-order valence-electron chi connectivity index (χ0n) is 13.6. The Morgan fingerprint density at radius 3 is 2.70 bits per heavy atom. The number of nitro groups is 1. The highest BCUT2D eigenvalue weighted by molar-refractivity contribution is 9.10. The zero-order chi connectivity index (χ0) is 19.4. The van der Waals surface area contributed by atoms with Gasteiger partial charge in [-0.25, -0.2) is 5.43 Å². The molecule has 0 radical (unpaired) electrons. The normalized spacial score (nSPS) is 10.9. The van der Waals surface area contributed by atoms with Crippen molar-refractivity contribution in [1.29, 1.82) is 0 Å². The Kier molecular flexibility index (Phi) is 5.68. The monoisotopic (exact) mass is 447 g/mol. The van der Waals surface area contributed by atoms with Crippen molar-refractivity contribution in [3.8, 4) is 11.3 Å². The number of nitro benzene ring substituents is 1. The lowest BCUT2D eigenvalue weighted by molar-refractivity contribution is -0.384. The van der Waals surface area contributed by atoms with Crippen molar-refractivity contribution < 1.29 is 14.1 Å². The van der Waals surface area contributed by atoms with Crippen LogP contribution in [0.5, 0.6) is 0 Å². The fraction of sp³-hybridized carbons (Fsp3) is 0. The van der Waals surface area contributed by atoms with Crippen molar-refractivity contribution in [3.63, 3.8) is 0 Å². The van der Waals surface area contributed by atoms with Gasteiger partial charge >= 0.3 is 0 Å². The van der Waals surface area contributed by atoms with Crippen LogP contribution in [0.2, 0.25) is 5.02 Å². The van der Waals surface area contributed by atoms with Gasteiger partial charge in [-0.2, -0.15) is 5.10 Å². The second-order valence-corrected chi connectivity index (χ2v) is 6.56. The lowest BCUT2D eigenvalue weighted by Crippen LogP contribution is -2.17. The first kappa shape index (κ1) is 18.8. The molecule has 136 valence electrons. The van der Waals surface area contributed by atoms with Crippen molar-refractivity contribution in [2.24, 2.45) is 5.10 Å². The number of nitrogens with one attached hydrogen (secondary N) is 1. The molecule has 0 aliphatic carbocycles. The van der Waals surface area contributed by atoms with Gasteiger partial charge in [-0.05, 0) is 46.3 Å². The number of rotatable bonds is 5. The third-order valence-corrected chi connectivity index (χ3v) is 4.52. The molecule has 3 rings (SSSR count). The maximum absolute atomic E-state index is 12.0. The van der Waals surface area contributed by atoms with Crippen molar-refractivity contribution >= 4 is 45.3 Å². The number of hydrogen-bond donors (Lipinski definition) is 1. The summed E-state index contributed by atoms with van der Waals surface area (Å²) in [7, 11) is 0. The molecule has 0 aliphatic rings. The molecular formula is C18H11BrClN3O4. The maximum Gasteiger partial charge on any atom is 0.272 e. The number of amides is 1. The van der Waals surface area contributed by atoms with E-state index in [1.165, 1.54) is 18.3 Å². The minimum absolute atomic E-state index is 0.0266. The summed E-state index contributed by atoms with van der Waals surface area (Å²) in [6.07, 6.45) is 1.34. The smallest absolute Gasteiger partial charge is 0.272 e. The molecule has 9 heteroatoms. The Balaban J connectivity index is 1.71. The van der Waals surface area contributed by atoms with E-state index in [-0.39, 0.29) is 5.69 Å². The second kappa shape index (κ2) is 8.15. The van der Waals surface area contributed by atoms with Gasteiger partial charge in [0.25, 0.3) is 11.6 Å². The third kappa shape index (κ3) is 4.42. The van der Waals surface area contributed by atoms with Gasteiger partial charge in [0.1, 0.15) is 11.5 Å². The van der Waals surface area contributed by atoms with E-state index in [0.717, 1.165) is 0 Å². The standard InChI is InChI=1S/C18H11BrClN3O4/c19-15-9-11(23(25)26)5-7-13(15)17-8-6-12(27-17)10-21-22-18(24)14-3-1-2-4-16(14)20/h1-10H,(H,22,24)/b21-10-. The largest absolute Gasteiger partial charge is 0.455 e. The van der Waals surface area contributed by atoms with E-state index < -0.39 is 10.8 Å². The summed E-state index contributed by atoms with van der Waals surface area (Å²) in [6, 6.07) is 14.4. The van der Waals surface area contributed by atoms with Crippen LogP contribution in [0.4, 0.5) is 5.69 Å². The Morgan fingerprint density at radius 1 is 1.22 bits per heavy atom. The van der Waals surface area contributed by atoms with Gasteiger partial charge in [0, 0.05) is 22.2 Å². The van der Waals surface area contributed by atoms with Crippen LogP contribution in [0.1, 0.15) is 16.1 Å². The van der Waals surface area contributed by atoms with Gasteiger partial charge in [-0.3, -0.25) is 14.9 Å². The quantitative estimate of drug-likeness (QED) is 0.336. The van der Waals surface area contributed by atoms with Crippen molar-refractivity contribution in [2.75, 3.05) is 0 Å². The van der Waals surface area contributed by atoms with Gasteiger partial charge in [-0.1, -0.05) is 23.7 Å². The molecule has 7 nitrogen and oxygen atoms in total. The summed E-state index contributed by atoms with van der Waals surface area (Å²) >= 11 is 9.25. The van der Waals surface area contributed by atoms with Crippen LogP contribution in [0.3, 0.4) is 0 Å². The van der Waals surface area contributed by atoms with Crippen LogP contribution in [0.15, 0.2) is 68.6 Å². The molecule has 1 heterocycles. The van der Waals surface area contributed by atoms with Gasteiger partial charge in [0.05, 0.1) is 21.7 Å². The van der Waals surface area contributed by atoms with E-state index in [1.807, 2.05) is 0 Å². The molecule has 1 amide bonds. The van der Waals surface area contributed by atoms with Gasteiger partial charge in [0.15, 0.2) is 0 Å². The lowest BCUT2D eigenvalue weighted by Gasteiger charge is -2.01. The molecule has 27 heavy (non-hydrogen) atoms. The third-order valence-electron chi connectivity index (χ3n) is 3.53. The van der Waals surface area contributed by atoms with E-state index in [2.05, 4.69) is 26.5 Å². The molecule has 3 aromatic rings. The van der Waals surface area contributed by atoms with E-state index in [1.54, 1.807) is 42.5 Å². The zero-order valence-corrected chi connectivity index (χ0v) is 15.9. The molecule has 1 N–H and O–H groups in total. The van der Waals surface area contributed by atoms with Crippen LogP contribution in [-0.4, -0.2) is 17.0 Å². The fourth-order valence-corrected chi connectivity index (χ4v) is 3.03. The molecular weight excluding hydrogens is 438 g/mol. The summed E-state index contributed by atoms with van der Waals surface area (Å²) < 4.78 is 6.16. The van der Waals surface area contributed by atoms with E-state index >= 15 is 0 Å². The summed E-state index contributed by atoms with van der Waals surface area (Å²) in [6.45, 7) is 0. The van der Waals surface area contributed by atoms with Crippen LogP contribution < -0.4 is 5.43 Å². The Hall–Kier alpha value is -2.97. The SMILES string of the molecule is O=C(N/N=C\c1ccc(-c2ccc([N+](=O)[O-])cc2Br)o1)c1ccccc1Cl. The number of hydrogen-bond acceptors (Lipinski definition) is 5. The van der Waals surface area contributed by atoms with Crippen LogP contribution in [0.25, 0.3) is 11.3 Å². The number of furan rings is 1. The second-order valence-electron chi connectivity index (χ2n) is 5.30. The molecule has 0 spiro atoms. The van der Waals surface area contributed by atoms with Crippen molar-refractivity contribution in [3.05, 3.63) is 85.5 Å². The van der Waals surface area contributed by atoms with Gasteiger partial charge in [0.2, 0.25) is 0 Å². The Morgan fingerprint density at radius 2 is 2.00 bits per heavy atom. The summed E-state index contributed by atoms with van der Waals surface area (Å²) in [5.41, 5.74) is 3.31. The van der Waals surface area contributed by atoms with Crippen LogP contribution in [0, 0.1) is 10.1 Å². The number of benzene rings is 2. The molecule has 1 aromatic heterocycles. The number of hydrazone groups is 1. The minimum Gasteiger partial charge on any atom is -0.455 e. The van der Waals surface area contributed by atoms with E-state index in [4.69, 9.17) is 16.0 Å². The predicted octanol–water partition coefficient (Wildman–Crippen LogP) is 5.03. The van der Waals surface area contributed by atoms with E-state index in [0.29, 0.717) is 32.1 Å². The highest BCUT2D eigenvalue weighted by Gasteiger charge is 2.13. The minimum atomic E-state index is -0.476. The molecule has 0 saturated heterocycles. The molecule has 0 saturated carbocycles. The number of halogens is 2. The van der Waals surface area contributed by atoms with Crippen molar-refractivity contribution in [1.82, 2.24) is 5.43 Å². The lowest BCUT2D eigenvalue weighted by atomic mass is 10.1. The molecule has 0 fully saturated rings. The highest BCUT2D eigenvalue weighted by atomic mass is 79.9. The predicted molar refractivity (Wildman–Crippen MR) is 105 cm³/mol. The Labute approximate surface area is 166 Å². The number of carbonyl (C=O) groups excluding carboxylic acids is 1. The van der Waals surface area contributed by atoms with Gasteiger partial charge < -0.3 is 4.42 Å². The van der Waals surface area contributed by atoms with E-state index in [9.17, 15) is 14.9 Å². The summed E-state index contributed by atoms with van der Waals surface area (Å²) in [5.74, 6) is 0.451. The molecule has 0 atom stereocenters. The first-order valence-corrected chi connectivity index (χ1v) is 8.75. The average molecular weight is 449 g/mol. The highest BCUT2D eigenvalue weighted by Crippen LogP contribution is 2.32. The molecule has 0 aliphatic heterocycles. The average Bonchev–Trinajstić information content (AvgIpc) is 3.10. The van der Waals surface area contributed by atoms with Crippen LogP contribution in [-0.2, 0) is 0 Å². The van der Waals surface area contributed by atoms with Crippen LogP contribution >= 0.6 is 27.5 Å². The molecule has 2 aromatic carbocycles. The number of carbonyl (C=O) groups is 1. The van der Waals surface area contributed by atoms with Gasteiger partial charge in [-0.15, -0.1) is 0 Å². The Bertz CT molecular complexity index is 1050. The maximum atomic E-state index is 12.0. The first-order valence-electron chi connectivity index (χ1n) is 7.58. The fourth-order valence-electron chi connectivity index (χ4n) is 2.24. The summed E-state index contributed by atoms with van der Waals surface area (Å²) in [5, 5.41) is 15.0. The molecule has 0 unspecified atom stereocenters. The topological polar surface area (TPSA) is 97.7 Å². The molecule has 0 bridgehead atoms. The first-order chi connectivity index (χ1) is 13.0. The summed E-state index contributed by atoms with van der Waals surface area (Å²) in [4.78, 5) is 22.3.